The standard InChI is InChI=1S/C12H17F2NO.ClH/c1-8-6-10(9(2)15)4-5-11(8)16-7-12(3,13)14;/h4-6,9H,7,15H2,1-3H3;1H. The lowest BCUT2D eigenvalue weighted by molar-refractivity contribution is -0.0231. The Morgan fingerprint density at radius 2 is 2.00 bits per heavy atom. The third-order valence-corrected chi connectivity index (χ3v) is 2.21. The quantitative estimate of drug-likeness (QED) is 0.905. The van der Waals surface area contributed by atoms with E-state index < -0.39 is 12.5 Å². The summed E-state index contributed by atoms with van der Waals surface area (Å²) < 4.78 is 30.2. The molecular formula is C12H18ClF2NO. The molecule has 17 heavy (non-hydrogen) atoms. The Morgan fingerprint density at radius 1 is 1.41 bits per heavy atom. The van der Waals surface area contributed by atoms with Gasteiger partial charge in [-0.05, 0) is 31.0 Å². The van der Waals surface area contributed by atoms with Crippen molar-refractivity contribution in [2.24, 2.45) is 5.73 Å². The summed E-state index contributed by atoms with van der Waals surface area (Å²) >= 11 is 0. The molecule has 0 aromatic heterocycles. The van der Waals surface area contributed by atoms with Crippen LogP contribution >= 0.6 is 12.4 Å². The molecule has 0 amide bonds. The molecule has 1 aromatic carbocycles. The topological polar surface area (TPSA) is 35.2 Å². The van der Waals surface area contributed by atoms with E-state index in [4.69, 9.17) is 10.5 Å². The second kappa shape index (κ2) is 6.17. The van der Waals surface area contributed by atoms with Gasteiger partial charge in [-0.1, -0.05) is 12.1 Å². The Labute approximate surface area is 107 Å². The van der Waals surface area contributed by atoms with E-state index in [1.807, 2.05) is 19.9 Å². The lowest BCUT2D eigenvalue weighted by Crippen LogP contribution is -2.21. The van der Waals surface area contributed by atoms with Crippen LogP contribution in [-0.4, -0.2) is 12.5 Å². The van der Waals surface area contributed by atoms with E-state index in [9.17, 15) is 8.78 Å². The number of hydrogen-bond acceptors (Lipinski definition) is 2. The van der Waals surface area contributed by atoms with Gasteiger partial charge in [0, 0.05) is 13.0 Å². The molecule has 0 aliphatic heterocycles. The van der Waals surface area contributed by atoms with Crippen LogP contribution in [0.2, 0.25) is 0 Å². The number of alkyl halides is 2. The van der Waals surface area contributed by atoms with Crippen molar-refractivity contribution < 1.29 is 13.5 Å². The highest BCUT2D eigenvalue weighted by Crippen LogP contribution is 2.23. The van der Waals surface area contributed by atoms with Crippen molar-refractivity contribution in [1.29, 1.82) is 0 Å². The van der Waals surface area contributed by atoms with Crippen LogP contribution in [-0.2, 0) is 0 Å². The largest absolute Gasteiger partial charge is 0.487 e. The van der Waals surface area contributed by atoms with Gasteiger partial charge < -0.3 is 10.5 Å². The first-order valence-corrected chi connectivity index (χ1v) is 5.16. The number of halogens is 3. The summed E-state index contributed by atoms with van der Waals surface area (Å²) in [5, 5.41) is 0. The van der Waals surface area contributed by atoms with E-state index >= 15 is 0 Å². The Hall–Kier alpha value is -0.870. The van der Waals surface area contributed by atoms with E-state index in [0.717, 1.165) is 18.1 Å². The van der Waals surface area contributed by atoms with E-state index in [2.05, 4.69) is 0 Å². The predicted molar refractivity (Wildman–Crippen MR) is 67.1 cm³/mol. The number of benzene rings is 1. The van der Waals surface area contributed by atoms with Gasteiger partial charge >= 0.3 is 0 Å². The van der Waals surface area contributed by atoms with Gasteiger partial charge in [0.2, 0.25) is 0 Å². The molecule has 1 aromatic rings. The second-order valence-corrected chi connectivity index (χ2v) is 4.17. The molecule has 0 spiro atoms. The number of ether oxygens (including phenoxy) is 1. The average molecular weight is 266 g/mol. The first-order chi connectivity index (χ1) is 7.29. The second-order valence-electron chi connectivity index (χ2n) is 4.17. The molecule has 0 aliphatic carbocycles. The molecule has 98 valence electrons. The first kappa shape index (κ1) is 16.1. The van der Waals surface area contributed by atoms with Crippen molar-refractivity contribution in [2.75, 3.05) is 6.61 Å². The monoisotopic (exact) mass is 265 g/mol. The summed E-state index contributed by atoms with van der Waals surface area (Å²) in [5.74, 6) is -2.34. The minimum Gasteiger partial charge on any atom is -0.487 e. The van der Waals surface area contributed by atoms with Crippen molar-refractivity contribution in [2.45, 2.75) is 32.7 Å². The van der Waals surface area contributed by atoms with E-state index in [1.54, 1.807) is 12.1 Å². The maximum absolute atomic E-state index is 12.6. The highest BCUT2D eigenvalue weighted by Gasteiger charge is 2.22. The first-order valence-electron chi connectivity index (χ1n) is 5.16. The van der Waals surface area contributed by atoms with Gasteiger partial charge in [0.15, 0.2) is 6.61 Å². The molecule has 2 nitrogen and oxygen atoms in total. The number of nitrogens with two attached hydrogens (primary N) is 1. The fraction of sp³-hybridized carbons (Fsp3) is 0.500. The third kappa shape index (κ3) is 5.33. The van der Waals surface area contributed by atoms with Crippen LogP contribution in [0, 0.1) is 6.92 Å². The number of aryl methyl sites for hydroxylation is 1. The summed E-state index contributed by atoms with van der Waals surface area (Å²) in [7, 11) is 0. The van der Waals surface area contributed by atoms with Crippen LogP contribution in [0.15, 0.2) is 18.2 Å². The van der Waals surface area contributed by atoms with Crippen LogP contribution in [0.3, 0.4) is 0 Å². The molecule has 1 unspecified atom stereocenters. The van der Waals surface area contributed by atoms with E-state index in [1.165, 1.54) is 0 Å². The molecule has 0 fully saturated rings. The Balaban J connectivity index is 0.00000256. The van der Waals surface area contributed by atoms with E-state index in [0.29, 0.717) is 5.75 Å². The van der Waals surface area contributed by atoms with Gasteiger partial charge in [-0.15, -0.1) is 12.4 Å². The normalized spacial score (nSPS) is 12.8. The van der Waals surface area contributed by atoms with Crippen molar-refractivity contribution >= 4 is 12.4 Å². The highest BCUT2D eigenvalue weighted by molar-refractivity contribution is 5.85. The molecule has 0 bridgehead atoms. The zero-order valence-electron chi connectivity index (χ0n) is 10.2. The smallest absolute Gasteiger partial charge is 0.278 e. The summed E-state index contributed by atoms with van der Waals surface area (Å²) in [4.78, 5) is 0. The maximum atomic E-state index is 12.6. The molecule has 0 radical (unpaired) electrons. The SMILES string of the molecule is Cc1cc(C(C)N)ccc1OCC(C)(F)F.Cl. The Morgan fingerprint density at radius 3 is 2.41 bits per heavy atom. The summed E-state index contributed by atoms with van der Waals surface area (Å²) in [6.45, 7) is 3.91. The maximum Gasteiger partial charge on any atom is 0.278 e. The lowest BCUT2D eigenvalue weighted by Gasteiger charge is -2.15. The molecule has 1 atom stereocenters. The highest BCUT2D eigenvalue weighted by atomic mass is 35.5. The summed E-state index contributed by atoms with van der Waals surface area (Å²) in [6.07, 6.45) is 0. The molecular weight excluding hydrogens is 248 g/mol. The predicted octanol–water partition coefficient (Wildman–Crippen LogP) is 3.47. The molecule has 1 rings (SSSR count). The molecule has 2 N–H and O–H groups in total. The number of hydrogen-bond donors (Lipinski definition) is 1. The van der Waals surface area contributed by atoms with Crippen LogP contribution in [0.1, 0.15) is 31.0 Å². The average Bonchev–Trinajstić information content (AvgIpc) is 2.14. The van der Waals surface area contributed by atoms with Crippen molar-refractivity contribution in [3.05, 3.63) is 29.3 Å². The Bertz CT molecular complexity index is 364. The van der Waals surface area contributed by atoms with Gasteiger partial charge in [-0.25, -0.2) is 8.78 Å². The van der Waals surface area contributed by atoms with Crippen molar-refractivity contribution in [3.8, 4) is 5.75 Å². The Kier molecular flexibility index (Phi) is 5.85. The summed E-state index contributed by atoms with van der Waals surface area (Å²) in [6, 6.07) is 5.26. The van der Waals surface area contributed by atoms with Gasteiger partial charge in [-0.2, -0.15) is 0 Å². The van der Waals surface area contributed by atoms with E-state index in [-0.39, 0.29) is 18.4 Å². The van der Waals surface area contributed by atoms with Crippen LogP contribution < -0.4 is 10.5 Å². The lowest BCUT2D eigenvalue weighted by atomic mass is 10.1. The summed E-state index contributed by atoms with van der Waals surface area (Å²) in [5.41, 5.74) is 7.50. The molecule has 0 saturated heterocycles. The number of rotatable bonds is 4. The van der Waals surface area contributed by atoms with Gasteiger partial charge in [-0.3, -0.25) is 0 Å². The van der Waals surface area contributed by atoms with Gasteiger partial charge in [0.25, 0.3) is 5.92 Å². The minimum absolute atomic E-state index is 0. The fourth-order valence-electron chi connectivity index (χ4n) is 1.32. The fourth-order valence-corrected chi connectivity index (χ4v) is 1.32. The van der Waals surface area contributed by atoms with Crippen molar-refractivity contribution in [3.63, 3.8) is 0 Å². The molecule has 5 heteroatoms. The van der Waals surface area contributed by atoms with Crippen LogP contribution in [0.25, 0.3) is 0 Å². The zero-order valence-corrected chi connectivity index (χ0v) is 11.0. The molecule has 0 aliphatic rings. The molecule has 0 heterocycles. The van der Waals surface area contributed by atoms with Crippen molar-refractivity contribution in [1.82, 2.24) is 0 Å². The third-order valence-electron chi connectivity index (χ3n) is 2.21. The zero-order chi connectivity index (χ0) is 12.3. The molecule has 0 saturated carbocycles. The minimum atomic E-state index is -2.81. The van der Waals surface area contributed by atoms with Gasteiger partial charge in [0.1, 0.15) is 5.75 Å². The van der Waals surface area contributed by atoms with Crippen LogP contribution in [0.5, 0.6) is 5.75 Å². The van der Waals surface area contributed by atoms with Gasteiger partial charge in [0.05, 0.1) is 0 Å². The van der Waals surface area contributed by atoms with Crippen LogP contribution in [0.4, 0.5) is 8.78 Å².